The van der Waals surface area contributed by atoms with Gasteiger partial charge in [0.05, 0.1) is 5.56 Å². The first kappa shape index (κ1) is 12.8. The summed E-state index contributed by atoms with van der Waals surface area (Å²) >= 11 is 0. The highest BCUT2D eigenvalue weighted by Gasteiger charge is 2.14. The van der Waals surface area contributed by atoms with Crippen molar-refractivity contribution in [2.75, 3.05) is 0 Å². The van der Waals surface area contributed by atoms with Crippen LogP contribution >= 0.6 is 0 Å². The summed E-state index contributed by atoms with van der Waals surface area (Å²) in [6.45, 7) is 10.3. The van der Waals surface area contributed by atoms with Crippen LogP contribution in [-0.4, -0.2) is 11.1 Å². The molecule has 1 aromatic carbocycles. The molecule has 0 aliphatic carbocycles. The molecule has 0 saturated carbocycles. The van der Waals surface area contributed by atoms with E-state index in [9.17, 15) is 4.79 Å². The number of carboxylic acids is 1. The maximum atomic E-state index is 11.1. The topological polar surface area (TPSA) is 37.3 Å². The fraction of sp³-hybridized carbons (Fsp3) is 0.500. The van der Waals surface area contributed by atoms with Crippen LogP contribution < -0.4 is 0 Å². The van der Waals surface area contributed by atoms with Gasteiger partial charge in [-0.1, -0.05) is 13.8 Å². The molecule has 0 fully saturated rings. The maximum Gasteiger partial charge on any atom is 0.335 e. The summed E-state index contributed by atoms with van der Waals surface area (Å²) in [6, 6.07) is 1.83. The summed E-state index contributed by atoms with van der Waals surface area (Å²) in [4.78, 5) is 11.1. The molecule has 2 nitrogen and oxygen atoms in total. The van der Waals surface area contributed by atoms with Gasteiger partial charge in [-0.05, 0) is 61.4 Å². The lowest BCUT2D eigenvalue weighted by Crippen LogP contribution is -2.07. The van der Waals surface area contributed by atoms with Crippen LogP contribution in [0.25, 0.3) is 0 Å². The lowest BCUT2D eigenvalue weighted by molar-refractivity contribution is 0.0696. The molecule has 0 atom stereocenters. The Morgan fingerprint density at radius 2 is 1.75 bits per heavy atom. The molecule has 0 radical (unpaired) electrons. The molecule has 1 aromatic rings. The Kier molecular flexibility index (Phi) is 3.74. The van der Waals surface area contributed by atoms with Crippen LogP contribution in [0.15, 0.2) is 6.07 Å². The Balaban J connectivity index is 3.35. The number of rotatable bonds is 3. The summed E-state index contributed by atoms with van der Waals surface area (Å²) in [6.07, 6.45) is 0.938. The minimum absolute atomic E-state index is 0.443. The van der Waals surface area contributed by atoms with Gasteiger partial charge >= 0.3 is 5.97 Å². The molecule has 0 unspecified atom stereocenters. The van der Waals surface area contributed by atoms with E-state index in [1.807, 2.05) is 19.9 Å². The highest BCUT2D eigenvalue weighted by atomic mass is 16.4. The van der Waals surface area contributed by atoms with Crippen molar-refractivity contribution in [2.24, 2.45) is 5.92 Å². The molecule has 88 valence electrons. The number of hydrogen-bond acceptors (Lipinski definition) is 1. The average molecular weight is 220 g/mol. The summed E-state index contributed by atoms with van der Waals surface area (Å²) in [5.74, 6) is -0.284. The molecule has 1 rings (SSSR count). The molecule has 1 N–H and O–H groups in total. The lowest BCUT2D eigenvalue weighted by atomic mass is 9.90. The Morgan fingerprint density at radius 1 is 1.19 bits per heavy atom. The normalized spacial score (nSPS) is 10.9. The molecule has 16 heavy (non-hydrogen) atoms. The highest BCUT2D eigenvalue weighted by molar-refractivity contribution is 5.90. The van der Waals surface area contributed by atoms with Crippen molar-refractivity contribution < 1.29 is 9.90 Å². The number of benzene rings is 1. The van der Waals surface area contributed by atoms with Gasteiger partial charge in [-0.3, -0.25) is 0 Å². The van der Waals surface area contributed by atoms with Crippen LogP contribution in [0.5, 0.6) is 0 Å². The van der Waals surface area contributed by atoms with Crippen LogP contribution in [0, 0.1) is 26.7 Å². The van der Waals surface area contributed by atoms with Crippen LogP contribution in [0.1, 0.15) is 46.5 Å². The Hall–Kier alpha value is -1.31. The molecule has 0 heterocycles. The van der Waals surface area contributed by atoms with E-state index in [1.54, 1.807) is 0 Å². The molecule has 0 aliphatic rings. The Labute approximate surface area is 97.3 Å². The monoisotopic (exact) mass is 220 g/mol. The van der Waals surface area contributed by atoms with E-state index in [0.29, 0.717) is 11.5 Å². The number of hydrogen-bond donors (Lipinski definition) is 1. The van der Waals surface area contributed by atoms with E-state index in [-0.39, 0.29) is 0 Å². The van der Waals surface area contributed by atoms with Gasteiger partial charge in [0.1, 0.15) is 0 Å². The van der Waals surface area contributed by atoms with Gasteiger partial charge in [0.25, 0.3) is 0 Å². The van der Waals surface area contributed by atoms with E-state index in [0.717, 1.165) is 23.1 Å². The zero-order valence-corrected chi connectivity index (χ0v) is 10.7. The predicted octanol–water partition coefficient (Wildman–Crippen LogP) is 3.51. The van der Waals surface area contributed by atoms with Crippen molar-refractivity contribution in [3.63, 3.8) is 0 Å². The molecule has 0 aliphatic heterocycles. The van der Waals surface area contributed by atoms with E-state index in [4.69, 9.17) is 5.11 Å². The number of carboxylic acid groups (broad SMARTS) is 1. The quantitative estimate of drug-likeness (QED) is 0.846. The standard InChI is InChI=1S/C14H20O2/c1-8(2)6-12-7-13(14(15)16)11(5)9(3)10(12)4/h7-8H,6H2,1-5H3,(H,15,16). The van der Waals surface area contributed by atoms with Gasteiger partial charge in [0, 0.05) is 0 Å². The molecule has 0 amide bonds. The Bertz CT molecular complexity index is 417. The smallest absolute Gasteiger partial charge is 0.335 e. The minimum Gasteiger partial charge on any atom is -0.478 e. The third-order valence-electron chi connectivity index (χ3n) is 3.19. The molecular formula is C14H20O2. The molecule has 0 aromatic heterocycles. The fourth-order valence-corrected chi connectivity index (χ4v) is 1.99. The summed E-state index contributed by atoms with van der Waals surface area (Å²) in [7, 11) is 0. The van der Waals surface area contributed by atoms with Crippen LogP contribution in [0.4, 0.5) is 0 Å². The molecular weight excluding hydrogens is 200 g/mol. The van der Waals surface area contributed by atoms with Gasteiger partial charge in [-0.15, -0.1) is 0 Å². The van der Waals surface area contributed by atoms with Crippen LogP contribution in [0.3, 0.4) is 0 Å². The highest BCUT2D eigenvalue weighted by Crippen LogP contribution is 2.23. The van der Waals surface area contributed by atoms with Crippen molar-refractivity contribution in [1.29, 1.82) is 0 Å². The molecule has 2 heteroatoms. The van der Waals surface area contributed by atoms with E-state index < -0.39 is 5.97 Å². The first-order valence-electron chi connectivity index (χ1n) is 5.67. The van der Waals surface area contributed by atoms with Gasteiger partial charge < -0.3 is 5.11 Å². The average Bonchev–Trinajstić information content (AvgIpc) is 2.18. The molecule has 0 saturated heterocycles. The van der Waals surface area contributed by atoms with E-state index in [2.05, 4.69) is 20.8 Å². The fourth-order valence-electron chi connectivity index (χ4n) is 1.99. The maximum absolute atomic E-state index is 11.1. The summed E-state index contributed by atoms with van der Waals surface area (Å²) in [5, 5.41) is 9.14. The molecule has 0 bridgehead atoms. The van der Waals surface area contributed by atoms with E-state index >= 15 is 0 Å². The van der Waals surface area contributed by atoms with Crippen molar-refractivity contribution in [3.8, 4) is 0 Å². The largest absolute Gasteiger partial charge is 0.478 e. The lowest BCUT2D eigenvalue weighted by Gasteiger charge is -2.15. The van der Waals surface area contributed by atoms with Crippen molar-refractivity contribution in [1.82, 2.24) is 0 Å². The van der Waals surface area contributed by atoms with Crippen LogP contribution in [-0.2, 0) is 6.42 Å². The second-order valence-corrected chi connectivity index (χ2v) is 4.86. The SMILES string of the molecule is Cc1c(CC(C)C)cc(C(=O)O)c(C)c1C. The van der Waals surface area contributed by atoms with Gasteiger partial charge in [-0.2, -0.15) is 0 Å². The van der Waals surface area contributed by atoms with Crippen molar-refractivity contribution >= 4 is 5.97 Å². The minimum atomic E-state index is -0.828. The number of carbonyl (C=O) groups is 1. The first-order valence-corrected chi connectivity index (χ1v) is 5.67. The summed E-state index contributed by atoms with van der Waals surface area (Å²) < 4.78 is 0. The third kappa shape index (κ3) is 2.43. The Morgan fingerprint density at radius 3 is 2.19 bits per heavy atom. The first-order chi connectivity index (χ1) is 7.34. The summed E-state index contributed by atoms with van der Waals surface area (Å²) in [5.41, 5.74) is 4.83. The zero-order chi connectivity index (χ0) is 12.5. The number of aromatic carboxylic acids is 1. The van der Waals surface area contributed by atoms with Crippen molar-refractivity contribution in [3.05, 3.63) is 33.9 Å². The van der Waals surface area contributed by atoms with Gasteiger partial charge in [0.2, 0.25) is 0 Å². The third-order valence-corrected chi connectivity index (χ3v) is 3.19. The van der Waals surface area contributed by atoms with Gasteiger partial charge in [-0.25, -0.2) is 4.79 Å². The predicted molar refractivity (Wildman–Crippen MR) is 66.2 cm³/mol. The molecule has 0 spiro atoms. The second kappa shape index (κ2) is 4.69. The second-order valence-electron chi connectivity index (χ2n) is 4.86. The van der Waals surface area contributed by atoms with Crippen molar-refractivity contribution in [2.45, 2.75) is 41.0 Å². The van der Waals surface area contributed by atoms with Crippen LogP contribution in [0.2, 0.25) is 0 Å². The van der Waals surface area contributed by atoms with Gasteiger partial charge in [0.15, 0.2) is 0 Å². The zero-order valence-electron chi connectivity index (χ0n) is 10.7. The van der Waals surface area contributed by atoms with E-state index in [1.165, 1.54) is 5.56 Å².